The van der Waals surface area contributed by atoms with Crippen molar-refractivity contribution in [2.24, 2.45) is 0 Å². The molecule has 0 fully saturated rings. The predicted octanol–water partition coefficient (Wildman–Crippen LogP) is 5.53. The average molecular weight is 442 g/mol. The molecule has 30 heavy (non-hydrogen) atoms. The molecule has 4 rings (SSSR count). The van der Waals surface area contributed by atoms with E-state index in [1.807, 2.05) is 43.3 Å². The second-order valence-corrected chi connectivity index (χ2v) is 8.24. The molecule has 4 aromatic rings. The molecule has 0 saturated heterocycles. The van der Waals surface area contributed by atoms with E-state index < -0.39 is 0 Å². The third-order valence-electron chi connectivity index (χ3n) is 4.52. The Balaban J connectivity index is 1.55. The van der Waals surface area contributed by atoms with E-state index in [4.69, 9.17) is 20.8 Å². The molecule has 154 valence electrons. The van der Waals surface area contributed by atoms with Gasteiger partial charge in [0.1, 0.15) is 5.75 Å². The highest BCUT2D eigenvalue weighted by Gasteiger charge is 2.21. The van der Waals surface area contributed by atoms with Crippen LogP contribution in [0.25, 0.3) is 22.8 Å². The first-order valence-electron chi connectivity index (χ1n) is 9.42. The van der Waals surface area contributed by atoms with Gasteiger partial charge in [-0.2, -0.15) is 0 Å². The largest absolute Gasteiger partial charge is 0.497 e. The number of ether oxygens (including phenoxy) is 1. The molecule has 2 heterocycles. The van der Waals surface area contributed by atoms with Crippen LogP contribution in [0.5, 0.6) is 5.75 Å². The number of aromatic nitrogens is 5. The fourth-order valence-electron chi connectivity index (χ4n) is 2.96. The molecular formula is C21H20ClN5O2S. The molecule has 0 amide bonds. The van der Waals surface area contributed by atoms with Crippen molar-refractivity contribution >= 4 is 23.4 Å². The van der Waals surface area contributed by atoms with Crippen molar-refractivity contribution in [2.45, 2.75) is 30.8 Å². The van der Waals surface area contributed by atoms with Crippen LogP contribution < -0.4 is 4.74 Å². The summed E-state index contributed by atoms with van der Waals surface area (Å²) in [5.74, 6) is 2.57. The van der Waals surface area contributed by atoms with Crippen LogP contribution in [-0.2, 0) is 6.54 Å². The van der Waals surface area contributed by atoms with Gasteiger partial charge in [-0.05, 0) is 56.3 Å². The summed E-state index contributed by atoms with van der Waals surface area (Å²) < 4.78 is 13.2. The topological polar surface area (TPSA) is 78.9 Å². The van der Waals surface area contributed by atoms with Crippen molar-refractivity contribution in [1.29, 1.82) is 0 Å². The number of thioether (sulfide) groups is 1. The van der Waals surface area contributed by atoms with Crippen molar-refractivity contribution < 1.29 is 9.15 Å². The Labute approximate surface area is 183 Å². The van der Waals surface area contributed by atoms with Crippen molar-refractivity contribution in [3.05, 3.63) is 59.4 Å². The van der Waals surface area contributed by atoms with Crippen LogP contribution in [0.4, 0.5) is 0 Å². The number of methoxy groups -OCH3 is 1. The summed E-state index contributed by atoms with van der Waals surface area (Å²) >= 11 is 7.58. The minimum absolute atomic E-state index is 0.0938. The molecule has 1 unspecified atom stereocenters. The van der Waals surface area contributed by atoms with E-state index in [1.54, 1.807) is 19.2 Å². The Kier molecular flexibility index (Phi) is 6.06. The molecule has 0 spiro atoms. The summed E-state index contributed by atoms with van der Waals surface area (Å²) in [4.78, 5) is 0. The smallest absolute Gasteiger partial charge is 0.247 e. The van der Waals surface area contributed by atoms with Gasteiger partial charge in [0, 0.05) is 22.7 Å². The molecule has 0 N–H and O–H groups in total. The van der Waals surface area contributed by atoms with Gasteiger partial charge in [0.05, 0.1) is 12.4 Å². The fraction of sp³-hybridized carbons (Fsp3) is 0.238. The summed E-state index contributed by atoms with van der Waals surface area (Å²) in [6.45, 7) is 4.80. The van der Waals surface area contributed by atoms with E-state index in [1.165, 1.54) is 11.8 Å². The van der Waals surface area contributed by atoms with Crippen molar-refractivity contribution in [1.82, 2.24) is 25.0 Å². The summed E-state index contributed by atoms with van der Waals surface area (Å²) in [7, 11) is 1.65. The van der Waals surface area contributed by atoms with E-state index >= 15 is 0 Å². The highest BCUT2D eigenvalue weighted by Crippen LogP contribution is 2.36. The Bertz CT molecular complexity index is 1140. The maximum atomic E-state index is 6.06. The van der Waals surface area contributed by atoms with Crippen LogP contribution in [0.3, 0.4) is 0 Å². The normalized spacial score (nSPS) is 12.1. The Morgan fingerprint density at radius 1 is 1.07 bits per heavy atom. The second-order valence-electron chi connectivity index (χ2n) is 6.49. The molecule has 0 bridgehead atoms. The monoisotopic (exact) mass is 441 g/mol. The Morgan fingerprint density at radius 2 is 1.87 bits per heavy atom. The highest BCUT2D eigenvalue weighted by molar-refractivity contribution is 7.99. The minimum Gasteiger partial charge on any atom is -0.497 e. The van der Waals surface area contributed by atoms with Crippen molar-refractivity contribution in [3.63, 3.8) is 0 Å². The van der Waals surface area contributed by atoms with E-state index in [0.29, 0.717) is 16.8 Å². The zero-order valence-electron chi connectivity index (χ0n) is 16.7. The van der Waals surface area contributed by atoms with Crippen LogP contribution in [-0.4, -0.2) is 32.1 Å². The molecule has 1 atom stereocenters. The van der Waals surface area contributed by atoms with Crippen LogP contribution in [0.2, 0.25) is 5.02 Å². The fourth-order valence-corrected chi connectivity index (χ4v) is 4.09. The summed E-state index contributed by atoms with van der Waals surface area (Å²) in [6, 6.07) is 15.1. The lowest BCUT2D eigenvalue weighted by Crippen LogP contribution is -2.01. The molecule has 0 aliphatic heterocycles. The van der Waals surface area contributed by atoms with Gasteiger partial charge >= 0.3 is 0 Å². The zero-order valence-corrected chi connectivity index (χ0v) is 18.3. The first-order valence-corrected chi connectivity index (χ1v) is 10.7. The van der Waals surface area contributed by atoms with Gasteiger partial charge in [0.15, 0.2) is 11.0 Å². The van der Waals surface area contributed by atoms with E-state index in [0.717, 1.165) is 34.4 Å². The summed E-state index contributed by atoms with van der Waals surface area (Å²) in [6.07, 6.45) is 0. The van der Waals surface area contributed by atoms with Gasteiger partial charge in [0.2, 0.25) is 11.8 Å². The lowest BCUT2D eigenvalue weighted by molar-refractivity contribution is 0.415. The van der Waals surface area contributed by atoms with Crippen LogP contribution in [0.1, 0.15) is 25.0 Å². The van der Waals surface area contributed by atoms with Crippen LogP contribution in [0.15, 0.2) is 58.1 Å². The van der Waals surface area contributed by atoms with Crippen molar-refractivity contribution in [2.75, 3.05) is 7.11 Å². The van der Waals surface area contributed by atoms with Gasteiger partial charge in [-0.1, -0.05) is 29.4 Å². The minimum atomic E-state index is -0.0938. The molecule has 2 aromatic heterocycles. The molecule has 0 aliphatic carbocycles. The third-order valence-corrected chi connectivity index (χ3v) is 5.83. The number of hydrogen-bond donors (Lipinski definition) is 0. The number of halogens is 1. The first-order chi connectivity index (χ1) is 14.6. The number of benzene rings is 2. The maximum Gasteiger partial charge on any atom is 0.247 e. The molecule has 0 aliphatic rings. The van der Waals surface area contributed by atoms with Gasteiger partial charge in [-0.25, -0.2) is 0 Å². The molecule has 2 aromatic carbocycles. The number of rotatable bonds is 7. The molecule has 9 heteroatoms. The van der Waals surface area contributed by atoms with E-state index in [2.05, 4.69) is 31.9 Å². The molecule has 0 radical (unpaired) electrons. The SMILES string of the molecule is CCn1c(SC(C)c2nnc(-c3cccc(Cl)c3)o2)nnc1-c1ccc(OC)cc1. The molecule has 0 saturated carbocycles. The third kappa shape index (κ3) is 4.20. The molecular weight excluding hydrogens is 422 g/mol. The van der Waals surface area contributed by atoms with Crippen molar-refractivity contribution in [3.8, 4) is 28.6 Å². The van der Waals surface area contributed by atoms with Gasteiger partial charge < -0.3 is 13.7 Å². The maximum absolute atomic E-state index is 6.06. The number of hydrogen-bond acceptors (Lipinski definition) is 7. The van der Waals surface area contributed by atoms with Gasteiger partial charge in [-0.3, -0.25) is 0 Å². The average Bonchev–Trinajstić information content (AvgIpc) is 3.41. The second kappa shape index (κ2) is 8.89. The van der Waals surface area contributed by atoms with Gasteiger partial charge in [0.25, 0.3) is 0 Å². The number of nitrogens with zero attached hydrogens (tertiary/aromatic N) is 5. The predicted molar refractivity (Wildman–Crippen MR) is 117 cm³/mol. The lowest BCUT2D eigenvalue weighted by Gasteiger charge is -2.10. The molecule has 7 nitrogen and oxygen atoms in total. The lowest BCUT2D eigenvalue weighted by atomic mass is 10.2. The van der Waals surface area contributed by atoms with Crippen LogP contribution >= 0.6 is 23.4 Å². The standard InChI is InChI=1S/C21H20ClN5O2S/c1-4-27-18(14-8-10-17(28-3)11-9-14)23-26-21(27)30-13(2)19-24-25-20(29-19)15-6-5-7-16(22)12-15/h5-13H,4H2,1-3H3. The van der Waals surface area contributed by atoms with E-state index in [-0.39, 0.29) is 5.25 Å². The summed E-state index contributed by atoms with van der Waals surface area (Å²) in [5, 5.41) is 18.5. The summed E-state index contributed by atoms with van der Waals surface area (Å²) in [5.41, 5.74) is 1.77. The quantitative estimate of drug-likeness (QED) is 0.349. The highest BCUT2D eigenvalue weighted by atomic mass is 35.5. The van der Waals surface area contributed by atoms with Gasteiger partial charge in [-0.15, -0.1) is 20.4 Å². The van der Waals surface area contributed by atoms with Crippen LogP contribution in [0, 0.1) is 0 Å². The Morgan fingerprint density at radius 3 is 2.57 bits per heavy atom. The Hall–Kier alpha value is -2.84. The van der Waals surface area contributed by atoms with E-state index in [9.17, 15) is 0 Å². The zero-order chi connectivity index (χ0) is 21.1. The first kappa shape index (κ1) is 20.4.